The molecule has 0 N–H and O–H groups in total. The molecule has 0 aromatic carbocycles. The van der Waals surface area contributed by atoms with Crippen LogP contribution in [0.15, 0.2) is 11.6 Å². The van der Waals surface area contributed by atoms with E-state index in [1.807, 2.05) is 63.9 Å². The summed E-state index contributed by atoms with van der Waals surface area (Å²) in [6.45, 7) is 3.99. The average Bonchev–Trinajstić information content (AvgIpc) is 3.40. The molecule has 0 spiro atoms. The minimum atomic E-state index is -1.26. The molecule has 0 atom stereocenters. The molecule has 0 aromatic rings. The van der Waals surface area contributed by atoms with Gasteiger partial charge in [-0.25, -0.2) is 0 Å². The smallest absolute Gasteiger partial charge is 0.465 e. The number of allylic oxidation sites excluding steroid dienone is 1. The Kier molecular flexibility index (Phi) is 11.3. The van der Waals surface area contributed by atoms with Gasteiger partial charge in [-0.3, -0.25) is 9.59 Å². The van der Waals surface area contributed by atoms with Crippen LogP contribution in [-0.2, 0) is 36.1 Å². The second-order valence-corrected chi connectivity index (χ2v) is 6.05. The first-order valence-corrected chi connectivity index (χ1v) is 9.09. The molecular formula is C22H26FeO4+2. The zero-order valence-corrected chi connectivity index (χ0v) is 16.9. The number of rotatable bonds is 5. The predicted molar refractivity (Wildman–Crippen MR) is 99.6 cm³/mol. The van der Waals surface area contributed by atoms with E-state index < -0.39 is 17.4 Å². The minimum absolute atomic E-state index is 0. The third kappa shape index (κ3) is 6.35. The van der Waals surface area contributed by atoms with Crippen LogP contribution < -0.4 is 0 Å². The van der Waals surface area contributed by atoms with Crippen LogP contribution in [0, 0.1) is 69.1 Å². The summed E-state index contributed by atoms with van der Waals surface area (Å²) in [5.41, 5.74) is -0.464. The first-order chi connectivity index (χ1) is 12.6. The zero-order chi connectivity index (χ0) is 18.8. The van der Waals surface area contributed by atoms with Gasteiger partial charge in [-0.2, -0.15) is 0 Å². The quantitative estimate of drug-likeness (QED) is 0.395. The van der Waals surface area contributed by atoms with Gasteiger partial charge in [0.25, 0.3) is 0 Å². The molecule has 3 fully saturated rings. The van der Waals surface area contributed by atoms with Crippen molar-refractivity contribution < 1.29 is 36.1 Å². The van der Waals surface area contributed by atoms with Crippen molar-refractivity contribution in [1.29, 1.82) is 0 Å². The summed E-state index contributed by atoms with van der Waals surface area (Å²) >= 11 is 0. The van der Waals surface area contributed by atoms with Gasteiger partial charge in [-0.05, 0) is 96.5 Å². The third-order valence-corrected chi connectivity index (χ3v) is 4.38. The molecule has 3 saturated carbocycles. The van der Waals surface area contributed by atoms with Crippen molar-refractivity contribution in [3.63, 3.8) is 0 Å². The maximum atomic E-state index is 12.5. The molecule has 0 saturated heterocycles. The molecule has 0 unspecified atom stereocenters. The molecule has 3 rings (SSSR count). The topological polar surface area (TPSA) is 52.6 Å². The van der Waals surface area contributed by atoms with Gasteiger partial charge in [0.05, 0.1) is 13.2 Å². The largest absolute Gasteiger partial charge is 2.00 e. The van der Waals surface area contributed by atoms with Crippen LogP contribution in [-0.4, -0.2) is 25.2 Å². The predicted octanol–water partition coefficient (Wildman–Crippen LogP) is 3.63. The summed E-state index contributed by atoms with van der Waals surface area (Å²) in [6.07, 6.45) is 21.6. The average molecular weight is 410 g/mol. The number of carbonyl (C=O) groups is 2. The zero-order valence-electron chi connectivity index (χ0n) is 15.8. The first-order valence-electron chi connectivity index (χ1n) is 9.09. The molecule has 27 heavy (non-hydrogen) atoms. The molecule has 0 amide bonds. The minimum Gasteiger partial charge on any atom is -0.465 e. The van der Waals surface area contributed by atoms with Crippen molar-refractivity contribution in [3.05, 3.63) is 75.4 Å². The van der Waals surface area contributed by atoms with E-state index in [4.69, 9.17) is 9.47 Å². The Bertz CT molecular complexity index is 465. The van der Waals surface area contributed by atoms with Crippen molar-refractivity contribution in [1.82, 2.24) is 0 Å². The second-order valence-electron chi connectivity index (χ2n) is 6.05. The fraction of sp³-hybridized carbons (Fsp3) is 0.364. The van der Waals surface area contributed by atoms with Crippen LogP contribution >= 0.6 is 0 Å². The number of carbonyl (C=O) groups excluding carboxylic acids is 2. The third-order valence-electron chi connectivity index (χ3n) is 4.38. The molecule has 144 valence electrons. The summed E-state index contributed by atoms with van der Waals surface area (Å²) in [6, 6.07) is 0. The number of esters is 2. The fourth-order valence-electron chi connectivity index (χ4n) is 3.18. The Morgan fingerprint density at radius 2 is 1.41 bits per heavy atom. The van der Waals surface area contributed by atoms with Gasteiger partial charge >= 0.3 is 29.0 Å². The standard InChI is InChI=1S/C17H21O4.C5H5.Fe/c1-3-20-15(18)17(16(19)21-4-2)11-7-10-14(17)12-13-8-5-6-9-13;1-2-4-5-3-1;/h5-6,8-9,12H,3-4,7,10-11H2,1-2H3;1-5H;/q;;+2/b14-12+;;. The summed E-state index contributed by atoms with van der Waals surface area (Å²) in [5.74, 6) is 0.0161. The summed E-state index contributed by atoms with van der Waals surface area (Å²) < 4.78 is 10.3. The molecule has 0 heterocycles. The molecule has 4 nitrogen and oxygen atoms in total. The van der Waals surface area contributed by atoms with Crippen molar-refractivity contribution in [2.24, 2.45) is 5.41 Å². The Morgan fingerprint density at radius 3 is 1.85 bits per heavy atom. The first kappa shape index (κ1) is 24.2. The normalized spacial score (nSPS) is 22.7. The second kappa shape index (κ2) is 12.6. The summed E-state index contributed by atoms with van der Waals surface area (Å²) in [4.78, 5) is 24.9. The molecule has 10 radical (unpaired) electrons. The van der Waals surface area contributed by atoms with Crippen LogP contribution in [0.3, 0.4) is 0 Å². The van der Waals surface area contributed by atoms with Crippen LogP contribution in [0.25, 0.3) is 0 Å². The number of ether oxygens (including phenoxy) is 2. The van der Waals surface area contributed by atoms with Crippen molar-refractivity contribution in [2.45, 2.75) is 33.1 Å². The monoisotopic (exact) mass is 410 g/mol. The SMILES string of the molecule is CCOC(=O)C1(C(=O)OCC)CCC/C1=C\[C]1[CH][CH][CH][CH]1.[CH]1[CH][CH][CH][CH]1.[Fe+2]. The van der Waals surface area contributed by atoms with Crippen LogP contribution in [0.2, 0.25) is 0 Å². The molecular weight excluding hydrogens is 384 g/mol. The van der Waals surface area contributed by atoms with Crippen LogP contribution in [0.5, 0.6) is 0 Å². The van der Waals surface area contributed by atoms with Gasteiger partial charge in [-0.1, -0.05) is 6.08 Å². The molecule has 0 aromatic heterocycles. The molecule has 0 bridgehead atoms. The summed E-state index contributed by atoms with van der Waals surface area (Å²) in [5, 5.41) is 0. The number of hydrogen-bond acceptors (Lipinski definition) is 4. The van der Waals surface area contributed by atoms with Gasteiger partial charge in [0.15, 0.2) is 5.41 Å². The van der Waals surface area contributed by atoms with Crippen LogP contribution in [0.1, 0.15) is 33.1 Å². The van der Waals surface area contributed by atoms with Gasteiger partial charge in [0.2, 0.25) is 0 Å². The number of hydrogen-bond donors (Lipinski definition) is 0. The Hall–Kier alpha value is -0.801. The van der Waals surface area contributed by atoms with Crippen LogP contribution in [0.4, 0.5) is 0 Å². The fourth-order valence-corrected chi connectivity index (χ4v) is 3.18. The van der Waals surface area contributed by atoms with Gasteiger partial charge < -0.3 is 9.47 Å². The summed E-state index contributed by atoms with van der Waals surface area (Å²) in [7, 11) is 0. The molecule has 3 aliphatic carbocycles. The Morgan fingerprint density at radius 1 is 0.926 bits per heavy atom. The van der Waals surface area contributed by atoms with E-state index in [2.05, 4.69) is 0 Å². The van der Waals surface area contributed by atoms with E-state index in [1.54, 1.807) is 13.8 Å². The van der Waals surface area contributed by atoms with E-state index >= 15 is 0 Å². The van der Waals surface area contributed by atoms with Crippen molar-refractivity contribution in [3.8, 4) is 0 Å². The maximum absolute atomic E-state index is 12.5. The molecule has 5 heteroatoms. The van der Waals surface area contributed by atoms with Gasteiger partial charge in [0, 0.05) is 5.92 Å². The van der Waals surface area contributed by atoms with Gasteiger partial charge in [0.1, 0.15) is 0 Å². The van der Waals surface area contributed by atoms with E-state index in [9.17, 15) is 9.59 Å². The molecule has 0 aliphatic heterocycles. The van der Waals surface area contributed by atoms with E-state index in [0.29, 0.717) is 12.8 Å². The molecule has 3 aliphatic rings. The Labute approximate surface area is 175 Å². The van der Waals surface area contributed by atoms with E-state index in [1.165, 1.54) is 0 Å². The maximum Gasteiger partial charge on any atom is 2.00 e. The van der Waals surface area contributed by atoms with Gasteiger partial charge in [-0.15, -0.1) is 0 Å². The van der Waals surface area contributed by atoms with E-state index in [-0.39, 0.29) is 30.3 Å². The van der Waals surface area contributed by atoms with Crippen molar-refractivity contribution >= 4 is 11.9 Å². The van der Waals surface area contributed by atoms with E-state index in [0.717, 1.165) is 17.9 Å². The Balaban J connectivity index is 0.000000526. The van der Waals surface area contributed by atoms with Crippen molar-refractivity contribution in [2.75, 3.05) is 13.2 Å².